The fourth-order valence-electron chi connectivity index (χ4n) is 1.48. The van der Waals surface area contributed by atoms with Crippen LogP contribution in [0.5, 0.6) is 0 Å². The number of imidazole rings is 1. The van der Waals surface area contributed by atoms with Crippen LogP contribution in [0.25, 0.3) is 0 Å². The maximum atomic E-state index is 13.1. The second kappa shape index (κ2) is 4.82. The summed E-state index contributed by atoms with van der Waals surface area (Å²) in [5.41, 5.74) is 5.66. The fourth-order valence-corrected chi connectivity index (χ4v) is 1.48. The van der Waals surface area contributed by atoms with Crippen molar-refractivity contribution in [1.29, 1.82) is 0 Å². The lowest BCUT2D eigenvalue weighted by molar-refractivity contribution is 0.587. The molecule has 2 aromatic rings. The molecule has 1 aromatic carbocycles. The van der Waals surface area contributed by atoms with E-state index in [1.54, 1.807) is 12.4 Å². The Balaban J connectivity index is 1.99. The van der Waals surface area contributed by atoms with Gasteiger partial charge in [-0.2, -0.15) is 0 Å². The Hall–Kier alpha value is -2.11. The van der Waals surface area contributed by atoms with Gasteiger partial charge in [-0.3, -0.25) is 0 Å². The molecule has 90 valence electrons. The Labute approximate surface area is 96.9 Å². The second-order valence-corrected chi connectivity index (χ2v) is 3.56. The van der Waals surface area contributed by atoms with Crippen LogP contribution >= 0.6 is 0 Å². The first-order valence-electron chi connectivity index (χ1n) is 5.13. The molecule has 0 saturated heterocycles. The van der Waals surface area contributed by atoms with Crippen molar-refractivity contribution in [1.82, 2.24) is 9.97 Å². The number of nitrogens with two attached hydrogens (primary N) is 1. The highest BCUT2D eigenvalue weighted by atomic mass is 19.1. The Bertz CT molecular complexity index is 496. The van der Waals surface area contributed by atoms with Gasteiger partial charge in [-0.15, -0.1) is 0 Å². The molecule has 0 fully saturated rings. The Morgan fingerprint density at radius 2 is 2.18 bits per heavy atom. The van der Waals surface area contributed by atoms with Crippen molar-refractivity contribution in [3.8, 4) is 0 Å². The molecule has 1 heterocycles. The van der Waals surface area contributed by atoms with Gasteiger partial charge in [-0.05, 0) is 6.07 Å². The van der Waals surface area contributed by atoms with E-state index in [1.807, 2.05) is 0 Å². The van der Waals surface area contributed by atoms with E-state index in [-0.39, 0.29) is 11.4 Å². The molecule has 0 saturated carbocycles. The van der Waals surface area contributed by atoms with Crippen molar-refractivity contribution in [2.24, 2.45) is 0 Å². The first kappa shape index (κ1) is 11.4. The minimum absolute atomic E-state index is 0.0779. The molecule has 0 unspecified atom stereocenters. The number of rotatable bonds is 4. The standard InChI is InChI=1S/C11H12F2N4/c12-7-5-8(13)11(14)9(6-7)15-2-1-10-16-3-4-17-10/h3-6,15H,1-2,14H2,(H,16,17). The van der Waals surface area contributed by atoms with Crippen LogP contribution in [-0.4, -0.2) is 16.5 Å². The molecule has 2 rings (SSSR count). The maximum Gasteiger partial charge on any atom is 0.151 e. The normalized spacial score (nSPS) is 10.5. The average Bonchev–Trinajstić information content (AvgIpc) is 2.78. The lowest BCUT2D eigenvalue weighted by Gasteiger charge is -2.09. The van der Waals surface area contributed by atoms with Gasteiger partial charge in [0.05, 0.1) is 11.4 Å². The van der Waals surface area contributed by atoms with Crippen LogP contribution in [0.2, 0.25) is 0 Å². The SMILES string of the molecule is Nc1c(F)cc(F)cc1NCCc1ncc[nH]1. The number of aromatic amines is 1. The van der Waals surface area contributed by atoms with Gasteiger partial charge < -0.3 is 16.0 Å². The van der Waals surface area contributed by atoms with Gasteiger partial charge in [0.15, 0.2) is 5.82 Å². The van der Waals surface area contributed by atoms with Crippen LogP contribution in [0, 0.1) is 11.6 Å². The molecule has 0 atom stereocenters. The number of halogens is 2. The van der Waals surface area contributed by atoms with Gasteiger partial charge in [0, 0.05) is 31.4 Å². The van der Waals surface area contributed by atoms with E-state index in [0.29, 0.717) is 13.0 Å². The van der Waals surface area contributed by atoms with E-state index in [9.17, 15) is 8.78 Å². The molecule has 0 aliphatic rings. The zero-order valence-electron chi connectivity index (χ0n) is 9.00. The van der Waals surface area contributed by atoms with Gasteiger partial charge in [0.1, 0.15) is 11.6 Å². The monoisotopic (exact) mass is 238 g/mol. The highest BCUT2D eigenvalue weighted by Gasteiger charge is 2.07. The van der Waals surface area contributed by atoms with Gasteiger partial charge in [0.25, 0.3) is 0 Å². The molecule has 4 nitrogen and oxygen atoms in total. The van der Waals surface area contributed by atoms with Crippen LogP contribution in [0.1, 0.15) is 5.82 Å². The topological polar surface area (TPSA) is 66.7 Å². The largest absolute Gasteiger partial charge is 0.395 e. The van der Waals surface area contributed by atoms with Gasteiger partial charge in [-0.25, -0.2) is 13.8 Å². The van der Waals surface area contributed by atoms with Crippen molar-refractivity contribution in [2.45, 2.75) is 6.42 Å². The van der Waals surface area contributed by atoms with Crippen molar-refractivity contribution < 1.29 is 8.78 Å². The Morgan fingerprint density at radius 3 is 2.88 bits per heavy atom. The second-order valence-electron chi connectivity index (χ2n) is 3.56. The highest BCUT2D eigenvalue weighted by Crippen LogP contribution is 2.23. The number of nitrogen functional groups attached to an aromatic ring is 1. The third-order valence-electron chi connectivity index (χ3n) is 2.33. The van der Waals surface area contributed by atoms with E-state index in [0.717, 1.165) is 11.9 Å². The predicted octanol–water partition coefficient (Wildman–Crippen LogP) is 1.92. The summed E-state index contributed by atoms with van der Waals surface area (Å²) in [5.74, 6) is -0.615. The van der Waals surface area contributed by atoms with Crippen molar-refractivity contribution in [3.63, 3.8) is 0 Å². The lowest BCUT2D eigenvalue weighted by Crippen LogP contribution is -2.09. The first-order chi connectivity index (χ1) is 8.16. The molecule has 1 aromatic heterocycles. The summed E-state index contributed by atoms with van der Waals surface area (Å²) in [6.45, 7) is 0.487. The summed E-state index contributed by atoms with van der Waals surface area (Å²) in [6.07, 6.45) is 3.97. The van der Waals surface area contributed by atoms with E-state index < -0.39 is 11.6 Å². The van der Waals surface area contributed by atoms with E-state index in [2.05, 4.69) is 15.3 Å². The number of benzene rings is 1. The summed E-state index contributed by atoms with van der Waals surface area (Å²) in [7, 11) is 0. The van der Waals surface area contributed by atoms with Crippen molar-refractivity contribution in [2.75, 3.05) is 17.6 Å². The molecule has 0 spiro atoms. The van der Waals surface area contributed by atoms with E-state index in [4.69, 9.17) is 5.73 Å². The summed E-state index contributed by atoms with van der Waals surface area (Å²) in [4.78, 5) is 6.96. The van der Waals surface area contributed by atoms with Crippen LogP contribution in [0.4, 0.5) is 20.2 Å². The number of anilines is 2. The number of hydrogen-bond donors (Lipinski definition) is 3. The molecule has 0 amide bonds. The van der Waals surface area contributed by atoms with E-state index in [1.165, 1.54) is 6.07 Å². The first-order valence-corrected chi connectivity index (χ1v) is 5.13. The van der Waals surface area contributed by atoms with Crippen LogP contribution in [-0.2, 0) is 6.42 Å². The zero-order valence-corrected chi connectivity index (χ0v) is 9.00. The third-order valence-corrected chi connectivity index (χ3v) is 2.33. The Kier molecular flexibility index (Phi) is 3.22. The quantitative estimate of drug-likeness (QED) is 0.713. The molecule has 17 heavy (non-hydrogen) atoms. The summed E-state index contributed by atoms with van der Waals surface area (Å²) >= 11 is 0. The van der Waals surface area contributed by atoms with E-state index >= 15 is 0 Å². The molecule has 0 aliphatic carbocycles. The maximum absolute atomic E-state index is 13.1. The zero-order chi connectivity index (χ0) is 12.3. The van der Waals surface area contributed by atoms with Gasteiger partial charge in [0.2, 0.25) is 0 Å². The minimum atomic E-state index is -0.759. The van der Waals surface area contributed by atoms with Crippen molar-refractivity contribution >= 4 is 11.4 Å². The molecular weight excluding hydrogens is 226 g/mol. The number of nitrogens with one attached hydrogen (secondary N) is 2. The van der Waals surface area contributed by atoms with Crippen molar-refractivity contribution in [3.05, 3.63) is 42.0 Å². The molecular formula is C11H12F2N4. The number of aromatic nitrogens is 2. The molecule has 0 bridgehead atoms. The molecule has 0 aliphatic heterocycles. The fraction of sp³-hybridized carbons (Fsp3) is 0.182. The highest BCUT2D eigenvalue weighted by molar-refractivity contribution is 5.66. The summed E-state index contributed by atoms with van der Waals surface area (Å²) in [5, 5.41) is 2.87. The smallest absolute Gasteiger partial charge is 0.151 e. The predicted molar refractivity (Wildman–Crippen MR) is 61.6 cm³/mol. The third kappa shape index (κ3) is 2.72. The van der Waals surface area contributed by atoms with Gasteiger partial charge >= 0.3 is 0 Å². The number of nitrogens with zero attached hydrogens (tertiary/aromatic N) is 1. The minimum Gasteiger partial charge on any atom is -0.395 e. The Morgan fingerprint density at radius 1 is 1.35 bits per heavy atom. The number of H-pyrrole nitrogens is 1. The average molecular weight is 238 g/mol. The van der Waals surface area contributed by atoms with Gasteiger partial charge in [-0.1, -0.05) is 0 Å². The van der Waals surface area contributed by atoms with Crippen LogP contribution in [0.3, 0.4) is 0 Å². The molecule has 6 heteroatoms. The summed E-state index contributed by atoms with van der Waals surface area (Å²) < 4.78 is 26.1. The molecule has 4 N–H and O–H groups in total. The van der Waals surface area contributed by atoms with Crippen LogP contribution in [0.15, 0.2) is 24.5 Å². The molecule has 0 radical (unpaired) electrons. The van der Waals surface area contributed by atoms with Crippen LogP contribution < -0.4 is 11.1 Å². The lowest BCUT2D eigenvalue weighted by atomic mass is 10.2. The number of hydrogen-bond acceptors (Lipinski definition) is 3. The summed E-state index contributed by atoms with van der Waals surface area (Å²) in [6, 6.07) is 1.92.